The minimum atomic E-state index is 0.0358. The van der Waals surface area contributed by atoms with Gasteiger partial charge < -0.3 is 4.90 Å². The predicted octanol–water partition coefficient (Wildman–Crippen LogP) is 1.77. The van der Waals surface area contributed by atoms with Crippen molar-refractivity contribution in [3.8, 4) is 0 Å². The largest absolute Gasteiger partial charge is 0.338 e. The standard InChI is InChI=1S/C16H16N6O/c23-16(11-3-4-14-15(8-11)20-21-19-14)22-7-1-2-12(9-22)13-5-6-17-10-18-13/h3-6,8,10,12H,1-2,7,9H2,(H,19,20,21)/t12-/m0/s1. The second-order valence-electron chi connectivity index (χ2n) is 5.75. The highest BCUT2D eigenvalue weighted by Crippen LogP contribution is 2.26. The Labute approximate surface area is 132 Å². The number of H-pyrrole nitrogens is 1. The number of amides is 1. The van der Waals surface area contributed by atoms with Crippen molar-refractivity contribution in [1.82, 2.24) is 30.3 Å². The SMILES string of the molecule is O=C(c1ccc2n[nH]nc2c1)N1CCC[C@H](c2ccncn2)C1. The second kappa shape index (κ2) is 5.75. The van der Waals surface area contributed by atoms with Crippen molar-refractivity contribution < 1.29 is 4.79 Å². The van der Waals surface area contributed by atoms with E-state index in [1.807, 2.05) is 23.1 Å². The maximum absolute atomic E-state index is 12.8. The fraction of sp³-hybridized carbons (Fsp3) is 0.312. The molecule has 1 saturated heterocycles. The van der Waals surface area contributed by atoms with Crippen LogP contribution in [0.4, 0.5) is 0 Å². The molecule has 2 aromatic heterocycles. The Kier molecular flexibility index (Phi) is 3.45. The van der Waals surface area contributed by atoms with Crippen LogP contribution in [0.2, 0.25) is 0 Å². The van der Waals surface area contributed by atoms with Crippen LogP contribution in [-0.4, -0.2) is 49.3 Å². The number of aromatic nitrogens is 5. The monoisotopic (exact) mass is 308 g/mol. The lowest BCUT2D eigenvalue weighted by Crippen LogP contribution is -2.39. The summed E-state index contributed by atoms with van der Waals surface area (Å²) in [7, 11) is 0. The third-order valence-electron chi connectivity index (χ3n) is 4.29. The van der Waals surface area contributed by atoms with Crippen molar-refractivity contribution in [3.63, 3.8) is 0 Å². The molecule has 0 unspecified atom stereocenters. The summed E-state index contributed by atoms with van der Waals surface area (Å²) in [6.07, 6.45) is 5.34. The van der Waals surface area contributed by atoms with Crippen LogP contribution in [-0.2, 0) is 0 Å². The van der Waals surface area contributed by atoms with Crippen LogP contribution in [0.1, 0.15) is 34.8 Å². The molecular weight excluding hydrogens is 292 g/mol. The maximum Gasteiger partial charge on any atom is 0.253 e. The molecule has 0 bridgehead atoms. The van der Waals surface area contributed by atoms with E-state index in [4.69, 9.17) is 0 Å². The fourth-order valence-electron chi connectivity index (χ4n) is 3.10. The predicted molar refractivity (Wildman–Crippen MR) is 83.8 cm³/mol. The zero-order valence-corrected chi connectivity index (χ0v) is 12.5. The Bertz CT molecular complexity index is 831. The Morgan fingerprint density at radius 3 is 3.00 bits per heavy atom. The smallest absolute Gasteiger partial charge is 0.253 e. The molecule has 1 aliphatic heterocycles. The van der Waals surface area contributed by atoms with Crippen LogP contribution in [0.5, 0.6) is 0 Å². The van der Waals surface area contributed by atoms with Gasteiger partial charge in [-0.1, -0.05) is 0 Å². The van der Waals surface area contributed by atoms with Gasteiger partial charge in [0, 0.05) is 36.5 Å². The average molecular weight is 308 g/mol. The number of fused-ring (bicyclic) bond motifs is 1. The van der Waals surface area contributed by atoms with Crippen LogP contribution in [0.25, 0.3) is 11.0 Å². The van der Waals surface area contributed by atoms with Gasteiger partial charge in [-0.25, -0.2) is 9.97 Å². The van der Waals surface area contributed by atoms with E-state index in [0.717, 1.165) is 30.6 Å². The molecule has 1 amide bonds. The van der Waals surface area contributed by atoms with Gasteiger partial charge in [0.1, 0.15) is 17.4 Å². The van der Waals surface area contributed by atoms with E-state index in [2.05, 4.69) is 25.4 Å². The molecule has 1 aliphatic rings. The number of benzene rings is 1. The van der Waals surface area contributed by atoms with E-state index in [-0.39, 0.29) is 11.8 Å². The highest BCUT2D eigenvalue weighted by Gasteiger charge is 2.26. The fourth-order valence-corrected chi connectivity index (χ4v) is 3.10. The molecule has 0 saturated carbocycles. The number of aromatic amines is 1. The van der Waals surface area contributed by atoms with Crippen molar-refractivity contribution in [1.29, 1.82) is 0 Å². The topological polar surface area (TPSA) is 87.7 Å². The molecule has 1 N–H and O–H groups in total. The van der Waals surface area contributed by atoms with Crippen LogP contribution in [0.3, 0.4) is 0 Å². The maximum atomic E-state index is 12.8. The third-order valence-corrected chi connectivity index (χ3v) is 4.29. The molecule has 23 heavy (non-hydrogen) atoms. The van der Waals surface area contributed by atoms with Crippen LogP contribution in [0, 0.1) is 0 Å². The molecule has 3 heterocycles. The first-order chi connectivity index (χ1) is 11.3. The van der Waals surface area contributed by atoms with Crippen molar-refractivity contribution >= 4 is 16.9 Å². The summed E-state index contributed by atoms with van der Waals surface area (Å²) in [6, 6.07) is 7.34. The zero-order valence-electron chi connectivity index (χ0n) is 12.5. The van der Waals surface area contributed by atoms with Crippen molar-refractivity contribution in [2.24, 2.45) is 0 Å². The number of nitrogens with zero attached hydrogens (tertiary/aromatic N) is 5. The van der Waals surface area contributed by atoms with Gasteiger partial charge in [0.05, 0.1) is 0 Å². The molecule has 0 radical (unpaired) electrons. The first-order valence-electron chi connectivity index (χ1n) is 7.67. The number of likely N-dealkylation sites (tertiary alicyclic amines) is 1. The molecule has 7 heteroatoms. The lowest BCUT2D eigenvalue weighted by molar-refractivity contribution is 0.0706. The Morgan fingerprint density at radius 2 is 2.13 bits per heavy atom. The third kappa shape index (κ3) is 2.65. The molecule has 1 fully saturated rings. The molecule has 4 rings (SSSR count). The van der Waals surface area contributed by atoms with E-state index in [9.17, 15) is 4.79 Å². The summed E-state index contributed by atoms with van der Waals surface area (Å²) in [5, 5.41) is 10.6. The first-order valence-corrected chi connectivity index (χ1v) is 7.67. The number of nitrogens with one attached hydrogen (secondary N) is 1. The Hall–Kier alpha value is -2.83. The van der Waals surface area contributed by atoms with Crippen molar-refractivity contribution in [3.05, 3.63) is 48.0 Å². The minimum Gasteiger partial charge on any atom is -0.338 e. The van der Waals surface area contributed by atoms with E-state index < -0.39 is 0 Å². The second-order valence-corrected chi connectivity index (χ2v) is 5.75. The van der Waals surface area contributed by atoms with Crippen molar-refractivity contribution in [2.45, 2.75) is 18.8 Å². The number of rotatable bonds is 2. The lowest BCUT2D eigenvalue weighted by Gasteiger charge is -2.32. The van der Waals surface area contributed by atoms with Gasteiger partial charge in [-0.2, -0.15) is 15.4 Å². The molecule has 0 spiro atoms. The summed E-state index contributed by atoms with van der Waals surface area (Å²) in [5.41, 5.74) is 3.12. The molecule has 0 aliphatic carbocycles. The van der Waals surface area contributed by atoms with Crippen LogP contribution >= 0.6 is 0 Å². The molecule has 116 valence electrons. The summed E-state index contributed by atoms with van der Waals surface area (Å²) in [5.74, 6) is 0.306. The normalized spacial score (nSPS) is 18.3. The van der Waals surface area contributed by atoms with E-state index in [1.165, 1.54) is 0 Å². The highest BCUT2D eigenvalue weighted by molar-refractivity contribution is 5.97. The Morgan fingerprint density at radius 1 is 1.22 bits per heavy atom. The van der Waals surface area contributed by atoms with Gasteiger partial charge in [-0.3, -0.25) is 4.79 Å². The van der Waals surface area contributed by atoms with Gasteiger partial charge in [-0.05, 0) is 37.1 Å². The van der Waals surface area contributed by atoms with Crippen molar-refractivity contribution in [2.75, 3.05) is 13.1 Å². The number of carbonyl (C=O) groups excluding carboxylic acids is 1. The lowest BCUT2D eigenvalue weighted by atomic mass is 9.94. The van der Waals surface area contributed by atoms with Crippen LogP contribution < -0.4 is 0 Å². The number of piperidine rings is 1. The molecule has 1 atom stereocenters. The van der Waals surface area contributed by atoms with E-state index in [0.29, 0.717) is 17.6 Å². The number of hydrogen-bond donors (Lipinski definition) is 1. The summed E-state index contributed by atoms with van der Waals surface area (Å²) >= 11 is 0. The minimum absolute atomic E-state index is 0.0358. The number of carbonyl (C=O) groups is 1. The van der Waals surface area contributed by atoms with Gasteiger partial charge >= 0.3 is 0 Å². The summed E-state index contributed by atoms with van der Waals surface area (Å²) in [4.78, 5) is 23.0. The van der Waals surface area contributed by atoms with Gasteiger partial charge in [0.15, 0.2) is 0 Å². The molecule has 7 nitrogen and oxygen atoms in total. The van der Waals surface area contributed by atoms with Crippen LogP contribution in [0.15, 0.2) is 36.8 Å². The molecular formula is C16H16N6O. The number of hydrogen-bond acceptors (Lipinski definition) is 5. The van der Waals surface area contributed by atoms with Gasteiger partial charge in [-0.15, -0.1) is 0 Å². The summed E-state index contributed by atoms with van der Waals surface area (Å²) < 4.78 is 0. The van der Waals surface area contributed by atoms with E-state index in [1.54, 1.807) is 18.6 Å². The average Bonchev–Trinajstić information content (AvgIpc) is 3.09. The molecule has 3 aromatic rings. The van der Waals surface area contributed by atoms with Gasteiger partial charge in [0.2, 0.25) is 0 Å². The summed E-state index contributed by atoms with van der Waals surface area (Å²) in [6.45, 7) is 1.46. The first kappa shape index (κ1) is 13.8. The Balaban J connectivity index is 1.55. The van der Waals surface area contributed by atoms with E-state index >= 15 is 0 Å². The highest BCUT2D eigenvalue weighted by atomic mass is 16.2. The molecule has 1 aromatic carbocycles. The van der Waals surface area contributed by atoms with Gasteiger partial charge in [0.25, 0.3) is 5.91 Å². The zero-order chi connectivity index (χ0) is 15.6. The quantitative estimate of drug-likeness (QED) is 0.779.